The van der Waals surface area contributed by atoms with E-state index in [1.807, 2.05) is 18.3 Å². The minimum atomic E-state index is 0.143. The number of hydrogen-bond acceptors (Lipinski definition) is 10. The van der Waals surface area contributed by atoms with Gasteiger partial charge in [0.2, 0.25) is 11.8 Å². The van der Waals surface area contributed by atoms with Crippen LogP contribution in [-0.2, 0) is 0 Å². The highest BCUT2D eigenvalue weighted by Crippen LogP contribution is 2.37. The van der Waals surface area contributed by atoms with Crippen LogP contribution in [0.2, 0.25) is 0 Å². The normalized spacial score (nSPS) is 22.1. The van der Waals surface area contributed by atoms with Crippen molar-refractivity contribution in [2.45, 2.75) is 25.7 Å². The average Bonchev–Trinajstić information content (AvgIpc) is 3.44. The third kappa shape index (κ3) is 5.62. The number of aliphatic hydroxyl groups excluding tert-OH is 1. The number of piperidine rings is 2. The summed E-state index contributed by atoms with van der Waals surface area (Å²) >= 11 is 1.50. The quantitative estimate of drug-likeness (QED) is 0.373. The molecule has 0 aliphatic carbocycles. The fourth-order valence-corrected chi connectivity index (χ4v) is 6.61. The summed E-state index contributed by atoms with van der Waals surface area (Å²) in [6.07, 6.45) is 6.65. The molecule has 0 saturated carbocycles. The third-order valence-corrected chi connectivity index (χ3v) is 8.73. The Morgan fingerprint density at radius 3 is 2.68 bits per heavy atom. The van der Waals surface area contributed by atoms with Gasteiger partial charge in [-0.3, -0.25) is 0 Å². The van der Waals surface area contributed by atoms with Gasteiger partial charge in [0, 0.05) is 62.5 Å². The number of hydrogen-bond donors (Lipinski definition) is 2. The number of fused-ring (bicyclic) bond motifs is 4. The summed E-state index contributed by atoms with van der Waals surface area (Å²) in [7, 11) is 2.30. The van der Waals surface area contributed by atoms with Crippen molar-refractivity contribution in [3.8, 4) is 22.9 Å². The molecule has 7 rings (SSSR count). The number of aromatic nitrogens is 3. The monoisotopic (exact) mass is 535 g/mol. The first kappa shape index (κ1) is 25.5. The Balaban J connectivity index is 1.37. The molecule has 4 aliphatic rings. The van der Waals surface area contributed by atoms with Crippen molar-refractivity contribution < 1.29 is 9.52 Å². The Bertz CT molecular complexity index is 1230. The van der Waals surface area contributed by atoms with Crippen molar-refractivity contribution in [3.63, 3.8) is 0 Å². The number of nitrogens with zero attached hydrogens (tertiary/aromatic N) is 6. The van der Waals surface area contributed by atoms with E-state index in [9.17, 15) is 5.11 Å². The number of pyridine rings is 1. The predicted molar refractivity (Wildman–Crippen MR) is 154 cm³/mol. The van der Waals surface area contributed by atoms with E-state index < -0.39 is 0 Å². The molecule has 202 valence electrons. The van der Waals surface area contributed by atoms with Gasteiger partial charge >= 0.3 is 0 Å². The molecule has 3 aromatic rings. The van der Waals surface area contributed by atoms with Gasteiger partial charge < -0.3 is 28.9 Å². The van der Waals surface area contributed by atoms with E-state index in [1.54, 1.807) is 0 Å². The number of benzene rings is 1. The van der Waals surface area contributed by atoms with Gasteiger partial charge in [-0.1, -0.05) is 11.9 Å². The topological polar surface area (TPSA) is 93.8 Å². The fraction of sp³-hybridized carbons (Fsp3) is 0.536. The molecule has 0 amide bonds. The van der Waals surface area contributed by atoms with Crippen molar-refractivity contribution in [2.75, 3.05) is 73.2 Å². The van der Waals surface area contributed by atoms with Crippen LogP contribution >= 0.6 is 11.9 Å². The molecule has 0 spiro atoms. The van der Waals surface area contributed by atoms with Gasteiger partial charge in [0.05, 0.1) is 17.9 Å². The SMILES string of the molecule is CN1CC2CCN(CC2)c2cc(NSCCO)ccc2-c2nnc(o2)-c2ccnc(c2)N2CCCC(C1)C2. The second-order valence-electron chi connectivity index (χ2n) is 10.8. The van der Waals surface area contributed by atoms with Gasteiger partial charge in [-0.2, -0.15) is 0 Å². The first-order chi connectivity index (χ1) is 18.7. The van der Waals surface area contributed by atoms with Gasteiger partial charge in [0.1, 0.15) is 5.82 Å². The summed E-state index contributed by atoms with van der Waals surface area (Å²) < 4.78 is 9.66. The molecule has 1 aromatic carbocycles. The van der Waals surface area contributed by atoms with Crippen LogP contribution in [0.25, 0.3) is 22.9 Å². The lowest BCUT2D eigenvalue weighted by atomic mass is 9.93. The van der Waals surface area contributed by atoms with Gasteiger partial charge in [0.25, 0.3) is 0 Å². The first-order valence-electron chi connectivity index (χ1n) is 13.8. The molecule has 1 atom stereocenters. The second-order valence-corrected chi connectivity index (χ2v) is 11.7. The molecule has 2 N–H and O–H groups in total. The Morgan fingerprint density at radius 1 is 0.974 bits per heavy atom. The maximum Gasteiger partial charge on any atom is 0.250 e. The zero-order chi connectivity index (χ0) is 25.9. The first-order valence-corrected chi connectivity index (χ1v) is 14.8. The van der Waals surface area contributed by atoms with Crippen LogP contribution in [0.3, 0.4) is 0 Å². The standard InChI is InChI=1S/C28H37N7O2S/c1-33-17-20-7-11-34(12-8-20)25-16-23(32-38-14-13-36)4-5-24(25)28-31-30-27(37-28)22-6-9-29-26(15-22)35-10-2-3-21(18-33)19-35/h4-6,9,15-16,20-21,32,36H,2-3,7-8,10-14,17-19H2,1H3. The zero-order valence-electron chi connectivity index (χ0n) is 22.1. The van der Waals surface area contributed by atoms with Crippen LogP contribution in [-0.4, -0.2) is 83.9 Å². The van der Waals surface area contributed by atoms with Gasteiger partial charge in [-0.05, 0) is 74.9 Å². The summed E-state index contributed by atoms with van der Waals surface area (Å²) in [6, 6.07) is 10.3. The van der Waals surface area contributed by atoms with Crippen molar-refractivity contribution in [3.05, 3.63) is 36.5 Å². The molecule has 2 saturated heterocycles. The van der Waals surface area contributed by atoms with E-state index in [2.05, 4.69) is 54.9 Å². The Morgan fingerprint density at radius 2 is 1.82 bits per heavy atom. The maximum atomic E-state index is 9.17. The molecular formula is C28H37N7O2S. The smallest absolute Gasteiger partial charge is 0.250 e. The molecule has 0 radical (unpaired) electrons. The summed E-state index contributed by atoms with van der Waals surface area (Å²) in [5, 5.41) is 18.1. The molecule has 9 nitrogen and oxygen atoms in total. The van der Waals surface area contributed by atoms with Gasteiger partial charge in [-0.25, -0.2) is 4.98 Å². The van der Waals surface area contributed by atoms with Crippen LogP contribution in [0, 0.1) is 11.8 Å². The van der Waals surface area contributed by atoms with Crippen LogP contribution in [0.5, 0.6) is 0 Å². The molecule has 6 heterocycles. The van der Waals surface area contributed by atoms with Crippen molar-refractivity contribution in [1.29, 1.82) is 0 Å². The average molecular weight is 536 g/mol. The number of rotatable bonds is 4. The van der Waals surface area contributed by atoms with E-state index in [0.717, 1.165) is 67.6 Å². The predicted octanol–water partition coefficient (Wildman–Crippen LogP) is 4.23. The molecular weight excluding hydrogens is 498 g/mol. The molecule has 2 aromatic heterocycles. The highest BCUT2D eigenvalue weighted by molar-refractivity contribution is 8.00. The van der Waals surface area contributed by atoms with Crippen molar-refractivity contribution in [2.24, 2.45) is 11.8 Å². The Hall–Kier alpha value is -2.82. The summed E-state index contributed by atoms with van der Waals surface area (Å²) in [6.45, 7) is 6.50. The van der Waals surface area contributed by atoms with E-state index >= 15 is 0 Å². The van der Waals surface area contributed by atoms with Crippen LogP contribution in [0.1, 0.15) is 25.7 Å². The Labute approximate surface area is 228 Å². The third-order valence-electron chi connectivity index (χ3n) is 7.97. The van der Waals surface area contributed by atoms with Crippen LogP contribution in [0.15, 0.2) is 40.9 Å². The summed E-state index contributed by atoms with van der Waals surface area (Å²) in [5.41, 5.74) is 3.96. The number of aliphatic hydroxyl groups is 1. The highest BCUT2D eigenvalue weighted by atomic mass is 32.2. The Kier molecular flexibility index (Phi) is 7.71. The molecule has 1 unspecified atom stereocenters. The van der Waals surface area contributed by atoms with E-state index in [1.165, 1.54) is 37.6 Å². The fourth-order valence-electron chi connectivity index (χ4n) is 6.13. The maximum absolute atomic E-state index is 9.17. The summed E-state index contributed by atoms with van der Waals surface area (Å²) in [5.74, 6) is 4.02. The van der Waals surface area contributed by atoms with E-state index in [-0.39, 0.29) is 6.61 Å². The molecule has 10 heteroatoms. The largest absolute Gasteiger partial charge is 0.416 e. The number of nitrogens with one attached hydrogen (secondary N) is 1. The number of anilines is 3. The van der Waals surface area contributed by atoms with Crippen LogP contribution < -0.4 is 14.5 Å². The van der Waals surface area contributed by atoms with Gasteiger partial charge in [0.15, 0.2) is 0 Å². The lowest BCUT2D eigenvalue weighted by Crippen LogP contribution is -2.43. The molecule has 4 aliphatic heterocycles. The lowest BCUT2D eigenvalue weighted by molar-refractivity contribution is 0.207. The molecule has 8 bridgehead atoms. The molecule has 38 heavy (non-hydrogen) atoms. The summed E-state index contributed by atoms with van der Waals surface area (Å²) in [4.78, 5) is 12.1. The van der Waals surface area contributed by atoms with E-state index in [4.69, 9.17) is 9.40 Å². The van der Waals surface area contributed by atoms with Crippen LogP contribution in [0.4, 0.5) is 17.2 Å². The van der Waals surface area contributed by atoms with E-state index in [0.29, 0.717) is 29.4 Å². The minimum absolute atomic E-state index is 0.143. The lowest BCUT2D eigenvalue weighted by Gasteiger charge is -2.38. The van der Waals surface area contributed by atoms with Gasteiger partial charge in [-0.15, -0.1) is 10.2 Å². The highest BCUT2D eigenvalue weighted by Gasteiger charge is 2.27. The zero-order valence-corrected chi connectivity index (χ0v) is 22.9. The second kappa shape index (κ2) is 11.5. The van der Waals surface area contributed by atoms with Crippen molar-refractivity contribution >= 4 is 29.1 Å². The molecule has 2 fully saturated rings. The van der Waals surface area contributed by atoms with Crippen molar-refractivity contribution in [1.82, 2.24) is 20.1 Å². The minimum Gasteiger partial charge on any atom is -0.416 e.